The number of rotatable bonds is 1. The fourth-order valence-electron chi connectivity index (χ4n) is 2.69. The number of phenols is 1. The summed E-state index contributed by atoms with van der Waals surface area (Å²) in [6, 6.07) is 13.8. The van der Waals surface area contributed by atoms with Crippen molar-refractivity contribution in [1.82, 2.24) is 0 Å². The molecule has 0 bridgehead atoms. The zero-order chi connectivity index (χ0) is 15.3. The molecular weight excluding hydrogens is 280 g/mol. The van der Waals surface area contributed by atoms with Crippen LogP contribution >= 0.6 is 0 Å². The molecule has 2 aromatic carbocycles. The van der Waals surface area contributed by atoms with Crippen molar-refractivity contribution in [2.24, 2.45) is 0 Å². The van der Waals surface area contributed by atoms with E-state index in [4.69, 9.17) is 8.83 Å². The van der Waals surface area contributed by atoms with Gasteiger partial charge in [-0.05, 0) is 48.7 Å². The highest BCUT2D eigenvalue weighted by Crippen LogP contribution is 2.32. The van der Waals surface area contributed by atoms with Gasteiger partial charge in [-0.25, -0.2) is 0 Å². The summed E-state index contributed by atoms with van der Waals surface area (Å²) < 4.78 is 11.6. The van der Waals surface area contributed by atoms with E-state index in [1.165, 1.54) is 0 Å². The van der Waals surface area contributed by atoms with Crippen molar-refractivity contribution in [1.29, 1.82) is 0 Å². The topological polar surface area (TPSA) is 67.9 Å². The minimum absolute atomic E-state index is 0.0924. The molecule has 4 heteroatoms. The Kier molecular flexibility index (Phi) is 2.60. The van der Waals surface area contributed by atoms with Gasteiger partial charge in [0.1, 0.15) is 28.4 Å². The minimum Gasteiger partial charge on any atom is -0.508 e. The van der Waals surface area contributed by atoms with Crippen molar-refractivity contribution >= 4 is 21.9 Å². The zero-order valence-corrected chi connectivity index (χ0v) is 11.8. The van der Waals surface area contributed by atoms with Crippen LogP contribution in [0.15, 0.2) is 57.4 Å². The van der Waals surface area contributed by atoms with Gasteiger partial charge in [-0.2, -0.15) is 0 Å². The molecule has 0 aliphatic rings. The zero-order valence-electron chi connectivity index (χ0n) is 11.8. The Balaban J connectivity index is 2.10. The molecule has 0 saturated heterocycles. The fraction of sp³-hybridized carbons (Fsp3) is 0.0556. The van der Waals surface area contributed by atoms with Gasteiger partial charge < -0.3 is 13.9 Å². The lowest BCUT2D eigenvalue weighted by molar-refractivity contribution is 0.475. The smallest absolute Gasteiger partial charge is 0.347 e. The first kappa shape index (κ1) is 12.7. The summed E-state index contributed by atoms with van der Waals surface area (Å²) in [5, 5.41) is 11.2. The number of hydrogen-bond donors (Lipinski definition) is 1. The lowest BCUT2D eigenvalue weighted by Crippen LogP contribution is -1.99. The first-order valence-electron chi connectivity index (χ1n) is 6.89. The molecule has 0 fully saturated rings. The Labute approximate surface area is 125 Å². The van der Waals surface area contributed by atoms with Crippen LogP contribution in [0.2, 0.25) is 0 Å². The van der Waals surface area contributed by atoms with Gasteiger partial charge in [-0.1, -0.05) is 0 Å². The van der Waals surface area contributed by atoms with E-state index in [-0.39, 0.29) is 11.2 Å². The standard InChI is InChI=1S/C18H12O4/c1-10-6-12-7-15(11-2-4-13(19)5-3-11)22-17-9-14(20)8-16(21-10)18(12)17/h2-9,19H,1H3/p+1. The van der Waals surface area contributed by atoms with Gasteiger partial charge in [0.15, 0.2) is 0 Å². The van der Waals surface area contributed by atoms with E-state index < -0.39 is 0 Å². The van der Waals surface area contributed by atoms with E-state index in [1.54, 1.807) is 36.4 Å². The highest BCUT2D eigenvalue weighted by atomic mass is 16.3. The van der Waals surface area contributed by atoms with Crippen LogP contribution in [0, 0.1) is 6.92 Å². The summed E-state index contributed by atoms with van der Waals surface area (Å²) in [6.07, 6.45) is 0. The highest BCUT2D eigenvalue weighted by molar-refractivity contribution is 6.05. The Morgan fingerprint density at radius 2 is 1.59 bits per heavy atom. The summed E-state index contributed by atoms with van der Waals surface area (Å²) in [7, 11) is 0. The fourth-order valence-corrected chi connectivity index (χ4v) is 2.69. The maximum absolute atomic E-state index is 9.85. The maximum Gasteiger partial charge on any atom is 0.347 e. The first-order chi connectivity index (χ1) is 10.6. The highest BCUT2D eigenvalue weighted by Gasteiger charge is 2.13. The molecule has 22 heavy (non-hydrogen) atoms. The number of aromatic hydroxyl groups is 1. The minimum atomic E-state index is 0.0924. The molecule has 0 saturated carbocycles. The van der Waals surface area contributed by atoms with Crippen molar-refractivity contribution in [3.05, 3.63) is 59.7 Å². The molecule has 0 aliphatic carbocycles. The molecule has 0 spiro atoms. The number of aryl methyl sites for hydroxylation is 1. The molecule has 4 rings (SSSR count). The van der Waals surface area contributed by atoms with Crippen LogP contribution in [-0.2, 0) is 0 Å². The predicted molar refractivity (Wildman–Crippen MR) is 82.9 cm³/mol. The summed E-state index contributed by atoms with van der Waals surface area (Å²) in [6.45, 7) is 1.86. The second-order valence-corrected chi connectivity index (χ2v) is 5.29. The number of phenolic OH excluding ortho intramolecular Hbond substituents is 1. The molecule has 108 valence electrons. The van der Waals surface area contributed by atoms with Crippen molar-refractivity contribution < 1.29 is 18.7 Å². The quantitative estimate of drug-likeness (QED) is 0.542. The Hall–Kier alpha value is -3.01. The van der Waals surface area contributed by atoms with E-state index in [1.807, 2.05) is 19.1 Å². The van der Waals surface area contributed by atoms with E-state index in [0.717, 1.165) is 22.1 Å². The molecule has 2 aromatic heterocycles. The van der Waals surface area contributed by atoms with Crippen LogP contribution < -0.4 is 5.43 Å². The molecule has 4 aromatic rings. The van der Waals surface area contributed by atoms with Gasteiger partial charge in [0.2, 0.25) is 0 Å². The van der Waals surface area contributed by atoms with Crippen molar-refractivity contribution in [2.45, 2.75) is 6.92 Å². The van der Waals surface area contributed by atoms with Crippen molar-refractivity contribution in [3.8, 4) is 17.1 Å². The average molecular weight is 293 g/mol. The molecule has 2 N–H and O–H groups in total. The second kappa shape index (κ2) is 4.49. The molecule has 0 aliphatic heterocycles. The van der Waals surface area contributed by atoms with Crippen LogP contribution in [0.3, 0.4) is 0 Å². The Morgan fingerprint density at radius 3 is 2.32 bits per heavy atom. The number of benzene rings is 2. The van der Waals surface area contributed by atoms with Gasteiger partial charge in [0.05, 0.1) is 17.5 Å². The third kappa shape index (κ3) is 1.97. The Bertz CT molecular complexity index is 1050. The van der Waals surface area contributed by atoms with Gasteiger partial charge in [0, 0.05) is 5.56 Å². The van der Waals surface area contributed by atoms with E-state index in [9.17, 15) is 9.90 Å². The average Bonchev–Trinajstić information content (AvgIpc) is 2.46. The predicted octanol–water partition coefficient (Wildman–Crippen LogP) is 3.86. The van der Waals surface area contributed by atoms with Crippen LogP contribution in [-0.4, -0.2) is 9.90 Å². The summed E-state index contributed by atoms with van der Waals surface area (Å²) in [4.78, 5) is 9.85. The second-order valence-electron chi connectivity index (χ2n) is 5.29. The SMILES string of the molecule is Cc1cc2cc(-c3ccc(O)cc3)oc3cc(=[OH+])cc(o1)c23. The molecule has 0 unspecified atom stereocenters. The van der Waals surface area contributed by atoms with Crippen LogP contribution in [0.25, 0.3) is 33.3 Å². The first-order valence-corrected chi connectivity index (χ1v) is 6.89. The molecule has 0 amide bonds. The van der Waals surface area contributed by atoms with E-state index >= 15 is 0 Å². The lowest BCUT2D eigenvalue weighted by Gasteiger charge is -2.08. The Morgan fingerprint density at radius 1 is 0.909 bits per heavy atom. The summed E-state index contributed by atoms with van der Waals surface area (Å²) >= 11 is 0. The van der Waals surface area contributed by atoms with Crippen LogP contribution in [0.4, 0.5) is 0 Å². The largest absolute Gasteiger partial charge is 0.508 e. The van der Waals surface area contributed by atoms with Crippen molar-refractivity contribution in [2.75, 3.05) is 0 Å². The van der Waals surface area contributed by atoms with Gasteiger partial charge in [-0.3, -0.25) is 4.79 Å². The third-order valence-corrected chi connectivity index (χ3v) is 3.63. The maximum atomic E-state index is 9.85. The van der Waals surface area contributed by atoms with Gasteiger partial charge in [-0.15, -0.1) is 0 Å². The van der Waals surface area contributed by atoms with E-state index in [0.29, 0.717) is 16.9 Å². The van der Waals surface area contributed by atoms with Gasteiger partial charge in [0.25, 0.3) is 0 Å². The molecule has 0 radical (unpaired) electrons. The van der Waals surface area contributed by atoms with Crippen LogP contribution in [0.5, 0.6) is 5.75 Å². The number of hydrogen-bond acceptors (Lipinski definition) is 3. The van der Waals surface area contributed by atoms with E-state index in [2.05, 4.69) is 0 Å². The summed E-state index contributed by atoms with van der Waals surface area (Å²) in [5.74, 6) is 1.61. The van der Waals surface area contributed by atoms with Crippen LogP contribution in [0.1, 0.15) is 5.76 Å². The molecular formula is C18H13O4+. The summed E-state index contributed by atoms with van der Waals surface area (Å²) in [5.41, 5.74) is 2.08. The normalized spacial score (nSPS) is 11.3. The third-order valence-electron chi connectivity index (χ3n) is 3.63. The molecule has 4 nitrogen and oxygen atoms in total. The monoisotopic (exact) mass is 293 g/mol. The molecule has 0 atom stereocenters. The van der Waals surface area contributed by atoms with Gasteiger partial charge >= 0.3 is 5.43 Å². The van der Waals surface area contributed by atoms with Crippen molar-refractivity contribution in [3.63, 3.8) is 0 Å². The lowest BCUT2D eigenvalue weighted by atomic mass is 10.1. The molecule has 2 heterocycles.